The lowest BCUT2D eigenvalue weighted by Crippen LogP contribution is -2.29. The van der Waals surface area contributed by atoms with E-state index < -0.39 is 10.0 Å². The Morgan fingerprint density at radius 3 is 2.29 bits per heavy atom. The Balaban J connectivity index is 1.54. The molecule has 0 aliphatic carbocycles. The first-order valence-corrected chi connectivity index (χ1v) is 12.1. The molecule has 1 aliphatic heterocycles. The molecule has 0 atom stereocenters. The number of amides is 1. The highest BCUT2D eigenvalue weighted by Gasteiger charge is 2.26. The summed E-state index contributed by atoms with van der Waals surface area (Å²) in [5, 5.41) is 0. The lowest BCUT2D eigenvalue weighted by atomic mass is 10.1. The fourth-order valence-corrected chi connectivity index (χ4v) is 5.08. The summed E-state index contributed by atoms with van der Waals surface area (Å²) in [6.07, 6.45) is 0.740. The maximum atomic E-state index is 13.1. The van der Waals surface area contributed by atoms with Gasteiger partial charge < -0.3 is 19.1 Å². The molecule has 1 N–H and O–H groups in total. The molecular formula is C25H26N2O6S. The van der Waals surface area contributed by atoms with Crippen LogP contribution in [0.1, 0.15) is 21.5 Å². The van der Waals surface area contributed by atoms with Crippen LogP contribution in [0.2, 0.25) is 0 Å². The van der Waals surface area contributed by atoms with E-state index in [0.29, 0.717) is 23.6 Å². The van der Waals surface area contributed by atoms with Gasteiger partial charge in [-0.3, -0.25) is 4.79 Å². The van der Waals surface area contributed by atoms with Gasteiger partial charge in [-0.2, -0.15) is 0 Å². The second kappa shape index (κ2) is 9.74. The van der Waals surface area contributed by atoms with Crippen molar-refractivity contribution in [2.45, 2.75) is 17.9 Å². The minimum atomic E-state index is -3.87. The molecule has 3 aromatic rings. The summed E-state index contributed by atoms with van der Waals surface area (Å²) in [6.45, 7) is 0.622. The standard InChI is InChI=1S/C25H26N2O6S/c1-31-20-8-6-19(7-9-20)25(28)27-13-12-18-5-4-17(14-22(18)27)16-26-34(29,30)24-15-21(32-2)10-11-23(24)33-3/h4-11,14-15,26H,12-13,16H2,1-3H3. The van der Waals surface area contributed by atoms with Crippen molar-refractivity contribution in [1.29, 1.82) is 0 Å². The molecule has 3 aromatic carbocycles. The maximum absolute atomic E-state index is 13.1. The molecule has 9 heteroatoms. The van der Waals surface area contributed by atoms with E-state index in [1.54, 1.807) is 48.4 Å². The van der Waals surface area contributed by atoms with Crippen LogP contribution in [0.3, 0.4) is 0 Å². The molecule has 4 rings (SSSR count). The molecule has 0 aromatic heterocycles. The van der Waals surface area contributed by atoms with Gasteiger partial charge in [0.05, 0.1) is 21.3 Å². The molecule has 0 bridgehead atoms. The van der Waals surface area contributed by atoms with Crippen molar-refractivity contribution < 1.29 is 27.4 Å². The smallest absolute Gasteiger partial charge is 0.258 e. The summed E-state index contributed by atoms with van der Waals surface area (Å²) in [6, 6.07) is 17.2. The van der Waals surface area contributed by atoms with E-state index in [9.17, 15) is 13.2 Å². The lowest BCUT2D eigenvalue weighted by molar-refractivity contribution is 0.0989. The van der Waals surface area contributed by atoms with Gasteiger partial charge in [-0.25, -0.2) is 13.1 Å². The molecule has 1 heterocycles. The van der Waals surface area contributed by atoms with Crippen LogP contribution in [0.4, 0.5) is 5.69 Å². The number of rotatable bonds is 8. The van der Waals surface area contributed by atoms with Crippen molar-refractivity contribution in [3.05, 3.63) is 77.4 Å². The van der Waals surface area contributed by atoms with Crippen molar-refractivity contribution in [3.8, 4) is 17.2 Å². The van der Waals surface area contributed by atoms with Crippen molar-refractivity contribution in [2.75, 3.05) is 32.8 Å². The van der Waals surface area contributed by atoms with Crippen molar-refractivity contribution in [1.82, 2.24) is 4.72 Å². The summed E-state index contributed by atoms with van der Waals surface area (Å²) in [7, 11) is 0.582. The van der Waals surface area contributed by atoms with Gasteiger partial charge in [-0.1, -0.05) is 12.1 Å². The second-order valence-corrected chi connectivity index (χ2v) is 9.48. The topological polar surface area (TPSA) is 94.2 Å². The SMILES string of the molecule is COc1ccc(C(=O)N2CCc3ccc(CNS(=O)(=O)c4cc(OC)ccc4OC)cc32)cc1. The normalized spacial score (nSPS) is 12.9. The highest BCUT2D eigenvalue weighted by atomic mass is 32.2. The van der Waals surface area contributed by atoms with E-state index in [1.807, 2.05) is 18.2 Å². The van der Waals surface area contributed by atoms with Crippen molar-refractivity contribution in [2.24, 2.45) is 0 Å². The van der Waals surface area contributed by atoms with Crippen LogP contribution in [0, 0.1) is 0 Å². The van der Waals surface area contributed by atoms with Gasteiger partial charge in [-0.05, 0) is 60.0 Å². The quantitative estimate of drug-likeness (QED) is 0.529. The van der Waals surface area contributed by atoms with Gasteiger partial charge in [-0.15, -0.1) is 0 Å². The predicted molar refractivity (Wildman–Crippen MR) is 128 cm³/mol. The molecule has 178 valence electrons. The summed E-state index contributed by atoms with van der Waals surface area (Å²) in [5.41, 5.74) is 3.13. The number of fused-ring (bicyclic) bond motifs is 1. The van der Waals surface area contributed by atoms with Gasteiger partial charge in [0.15, 0.2) is 0 Å². The number of anilines is 1. The minimum absolute atomic E-state index is 0.00757. The number of nitrogens with one attached hydrogen (secondary N) is 1. The van der Waals surface area contributed by atoms with Crippen LogP contribution in [-0.2, 0) is 23.0 Å². The largest absolute Gasteiger partial charge is 0.497 e. The fraction of sp³-hybridized carbons (Fsp3) is 0.240. The molecule has 1 amide bonds. The van der Waals surface area contributed by atoms with Crippen LogP contribution >= 0.6 is 0 Å². The van der Waals surface area contributed by atoms with E-state index in [-0.39, 0.29) is 23.1 Å². The molecule has 0 unspecified atom stereocenters. The highest BCUT2D eigenvalue weighted by molar-refractivity contribution is 7.89. The number of sulfonamides is 1. The van der Waals surface area contributed by atoms with E-state index in [4.69, 9.17) is 14.2 Å². The number of benzene rings is 3. The summed E-state index contributed by atoms with van der Waals surface area (Å²) >= 11 is 0. The van der Waals surface area contributed by atoms with Crippen LogP contribution in [-0.4, -0.2) is 42.2 Å². The van der Waals surface area contributed by atoms with Gasteiger partial charge in [0, 0.05) is 30.4 Å². The Morgan fingerprint density at radius 1 is 0.912 bits per heavy atom. The van der Waals surface area contributed by atoms with Crippen LogP contribution < -0.4 is 23.8 Å². The molecule has 0 radical (unpaired) electrons. The van der Waals surface area contributed by atoms with E-state index in [0.717, 1.165) is 23.2 Å². The van der Waals surface area contributed by atoms with E-state index in [2.05, 4.69) is 4.72 Å². The number of methoxy groups -OCH3 is 3. The van der Waals surface area contributed by atoms with E-state index in [1.165, 1.54) is 20.3 Å². The fourth-order valence-electron chi connectivity index (χ4n) is 3.89. The first-order chi connectivity index (χ1) is 16.4. The molecule has 1 aliphatic rings. The van der Waals surface area contributed by atoms with Gasteiger partial charge >= 0.3 is 0 Å². The predicted octanol–water partition coefficient (Wildman–Crippen LogP) is 3.39. The highest BCUT2D eigenvalue weighted by Crippen LogP contribution is 2.32. The zero-order chi connectivity index (χ0) is 24.3. The molecule has 0 spiro atoms. The Morgan fingerprint density at radius 2 is 1.62 bits per heavy atom. The van der Waals surface area contributed by atoms with Crippen LogP contribution in [0.15, 0.2) is 65.6 Å². The number of carbonyl (C=O) groups is 1. The number of hydrogen-bond donors (Lipinski definition) is 1. The Kier molecular flexibility index (Phi) is 6.76. The lowest BCUT2D eigenvalue weighted by Gasteiger charge is -2.18. The Hall–Kier alpha value is -3.56. The number of ether oxygens (including phenoxy) is 3. The molecule has 34 heavy (non-hydrogen) atoms. The zero-order valence-electron chi connectivity index (χ0n) is 19.2. The molecule has 0 fully saturated rings. The molecule has 8 nitrogen and oxygen atoms in total. The maximum Gasteiger partial charge on any atom is 0.258 e. The first kappa shape index (κ1) is 23.6. The van der Waals surface area contributed by atoms with E-state index >= 15 is 0 Å². The van der Waals surface area contributed by atoms with Crippen LogP contribution in [0.5, 0.6) is 17.2 Å². The number of nitrogens with zero attached hydrogens (tertiary/aromatic N) is 1. The summed E-state index contributed by atoms with van der Waals surface area (Å²) < 4.78 is 44.1. The van der Waals surface area contributed by atoms with Crippen LogP contribution in [0.25, 0.3) is 0 Å². The zero-order valence-corrected chi connectivity index (χ0v) is 20.0. The van der Waals surface area contributed by atoms with Gasteiger partial charge in [0.25, 0.3) is 5.91 Å². The molecular weight excluding hydrogens is 456 g/mol. The summed E-state index contributed by atoms with van der Waals surface area (Å²) in [4.78, 5) is 14.8. The van der Waals surface area contributed by atoms with Crippen molar-refractivity contribution >= 4 is 21.6 Å². The molecule has 0 saturated carbocycles. The average molecular weight is 483 g/mol. The second-order valence-electron chi connectivity index (χ2n) is 7.74. The minimum Gasteiger partial charge on any atom is -0.497 e. The Labute approximate surface area is 199 Å². The third-order valence-corrected chi connectivity index (χ3v) is 7.18. The van der Waals surface area contributed by atoms with Crippen molar-refractivity contribution in [3.63, 3.8) is 0 Å². The summed E-state index contributed by atoms with van der Waals surface area (Å²) in [5.74, 6) is 1.20. The van der Waals surface area contributed by atoms with Gasteiger partial charge in [0.1, 0.15) is 22.1 Å². The average Bonchev–Trinajstić information content (AvgIpc) is 3.30. The monoisotopic (exact) mass is 482 g/mol. The third kappa shape index (κ3) is 4.71. The van der Waals surface area contributed by atoms with Gasteiger partial charge in [0.2, 0.25) is 10.0 Å². The molecule has 0 saturated heterocycles. The first-order valence-electron chi connectivity index (χ1n) is 10.7. The number of hydrogen-bond acceptors (Lipinski definition) is 6. The third-order valence-electron chi connectivity index (χ3n) is 5.75. The Bertz CT molecular complexity index is 1310. The number of carbonyl (C=O) groups excluding carboxylic acids is 1.